The van der Waals surface area contributed by atoms with Crippen LogP contribution in [0.3, 0.4) is 0 Å². The summed E-state index contributed by atoms with van der Waals surface area (Å²) in [4.78, 5) is 10.9. The van der Waals surface area contributed by atoms with Gasteiger partial charge in [0.25, 0.3) is 0 Å². The first-order valence-electron chi connectivity index (χ1n) is 4.08. The van der Waals surface area contributed by atoms with Crippen LogP contribution in [0.2, 0.25) is 0 Å². The maximum atomic E-state index is 10.9. The van der Waals surface area contributed by atoms with E-state index in [2.05, 4.69) is 0 Å². The fourth-order valence-electron chi connectivity index (χ4n) is 1.70. The zero-order chi connectivity index (χ0) is 8.27. The Labute approximate surface area is 66.9 Å². The van der Waals surface area contributed by atoms with Crippen molar-refractivity contribution in [2.45, 2.75) is 31.8 Å². The van der Waals surface area contributed by atoms with Crippen LogP contribution in [0.15, 0.2) is 0 Å². The van der Waals surface area contributed by atoms with E-state index in [-0.39, 0.29) is 17.9 Å². The van der Waals surface area contributed by atoms with Gasteiger partial charge in [0.1, 0.15) is 0 Å². The summed E-state index contributed by atoms with van der Waals surface area (Å²) < 4.78 is 5.16. The third-order valence-corrected chi connectivity index (χ3v) is 2.37. The van der Waals surface area contributed by atoms with Gasteiger partial charge in [-0.05, 0) is 12.8 Å². The van der Waals surface area contributed by atoms with E-state index in [0.717, 1.165) is 25.7 Å². The van der Waals surface area contributed by atoms with Crippen LogP contribution in [-0.2, 0) is 9.53 Å². The van der Waals surface area contributed by atoms with Gasteiger partial charge in [-0.15, -0.1) is 0 Å². The molecule has 1 aliphatic carbocycles. The highest BCUT2D eigenvalue weighted by molar-refractivity contribution is 5.77. The van der Waals surface area contributed by atoms with Gasteiger partial charge < -0.3 is 10.5 Å². The summed E-state index contributed by atoms with van der Waals surface area (Å²) in [5, 5.41) is 0. The Bertz CT molecular complexity index is 147. The first-order chi connectivity index (χ1) is 5.25. The van der Waals surface area contributed by atoms with Gasteiger partial charge >= 0.3 is 0 Å². The van der Waals surface area contributed by atoms with E-state index in [9.17, 15) is 4.79 Å². The van der Waals surface area contributed by atoms with Crippen molar-refractivity contribution >= 4 is 5.91 Å². The molecule has 0 saturated heterocycles. The Morgan fingerprint density at radius 1 is 1.45 bits per heavy atom. The van der Waals surface area contributed by atoms with E-state index in [1.54, 1.807) is 7.11 Å². The summed E-state index contributed by atoms with van der Waals surface area (Å²) in [6.07, 6.45) is 4.20. The summed E-state index contributed by atoms with van der Waals surface area (Å²) in [6.45, 7) is 0. The quantitative estimate of drug-likeness (QED) is 0.640. The molecule has 0 bridgehead atoms. The van der Waals surface area contributed by atoms with Crippen molar-refractivity contribution in [3.8, 4) is 0 Å². The van der Waals surface area contributed by atoms with Gasteiger partial charge in [-0.2, -0.15) is 0 Å². The molecule has 0 aromatic rings. The molecule has 11 heavy (non-hydrogen) atoms. The second-order valence-electron chi connectivity index (χ2n) is 3.07. The van der Waals surface area contributed by atoms with E-state index >= 15 is 0 Å². The lowest BCUT2D eigenvalue weighted by Crippen LogP contribution is -2.36. The Morgan fingerprint density at radius 3 is 2.55 bits per heavy atom. The Kier molecular flexibility index (Phi) is 2.88. The topological polar surface area (TPSA) is 52.3 Å². The normalized spacial score (nSPS) is 31.7. The Hall–Kier alpha value is -0.570. The van der Waals surface area contributed by atoms with Gasteiger partial charge in [0.15, 0.2) is 0 Å². The lowest BCUT2D eigenvalue weighted by Gasteiger charge is -2.27. The van der Waals surface area contributed by atoms with Gasteiger partial charge in [0, 0.05) is 7.11 Å². The van der Waals surface area contributed by atoms with E-state index in [1.165, 1.54) is 0 Å². The van der Waals surface area contributed by atoms with Crippen molar-refractivity contribution in [1.82, 2.24) is 0 Å². The predicted octanol–water partition coefficient (Wildman–Crippen LogP) is 0.677. The third-order valence-electron chi connectivity index (χ3n) is 2.37. The summed E-state index contributed by atoms with van der Waals surface area (Å²) >= 11 is 0. The van der Waals surface area contributed by atoms with Gasteiger partial charge in [-0.25, -0.2) is 0 Å². The lowest BCUT2D eigenvalue weighted by atomic mass is 9.86. The van der Waals surface area contributed by atoms with Crippen LogP contribution < -0.4 is 5.73 Å². The number of nitrogens with two attached hydrogens (primary N) is 1. The number of carbonyl (C=O) groups excluding carboxylic acids is 1. The van der Waals surface area contributed by atoms with Crippen LogP contribution in [0, 0.1) is 5.92 Å². The maximum Gasteiger partial charge on any atom is 0.223 e. The number of carbonyl (C=O) groups is 1. The number of primary amides is 1. The minimum atomic E-state index is -0.212. The molecule has 1 fully saturated rings. The average Bonchev–Trinajstić information content (AvgIpc) is 2.04. The predicted molar refractivity (Wildman–Crippen MR) is 41.9 cm³/mol. The molecule has 64 valence electrons. The van der Waals surface area contributed by atoms with E-state index in [4.69, 9.17) is 10.5 Å². The molecule has 3 nitrogen and oxygen atoms in total. The minimum Gasteiger partial charge on any atom is -0.381 e. The minimum absolute atomic E-state index is 0.0475. The molecule has 1 saturated carbocycles. The van der Waals surface area contributed by atoms with Gasteiger partial charge in [0.05, 0.1) is 12.0 Å². The fourth-order valence-corrected chi connectivity index (χ4v) is 1.70. The van der Waals surface area contributed by atoms with Crippen LogP contribution in [-0.4, -0.2) is 19.1 Å². The average molecular weight is 157 g/mol. The van der Waals surface area contributed by atoms with Crippen molar-refractivity contribution < 1.29 is 9.53 Å². The second kappa shape index (κ2) is 3.72. The number of hydrogen-bond donors (Lipinski definition) is 1. The standard InChI is InChI=1S/C8H15NO2/c1-11-7-5-3-2-4-6(7)8(9)10/h6-7H,2-5H2,1H3,(H2,9,10). The van der Waals surface area contributed by atoms with Crippen molar-refractivity contribution in [3.63, 3.8) is 0 Å². The first kappa shape index (κ1) is 8.53. The molecule has 0 aromatic heterocycles. The number of ether oxygens (including phenoxy) is 1. The molecule has 0 aromatic carbocycles. The van der Waals surface area contributed by atoms with Gasteiger partial charge in [-0.3, -0.25) is 4.79 Å². The van der Waals surface area contributed by atoms with Crippen LogP contribution in [0.4, 0.5) is 0 Å². The fraction of sp³-hybridized carbons (Fsp3) is 0.875. The number of hydrogen-bond acceptors (Lipinski definition) is 2. The van der Waals surface area contributed by atoms with Crippen molar-refractivity contribution in [2.24, 2.45) is 11.7 Å². The summed E-state index contributed by atoms with van der Waals surface area (Å²) in [5.41, 5.74) is 5.21. The molecular formula is C8H15NO2. The zero-order valence-corrected chi connectivity index (χ0v) is 6.88. The van der Waals surface area contributed by atoms with Crippen LogP contribution in [0.5, 0.6) is 0 Å². The zero-order valence-electron chi connectivity index (χ0n) is 6.88. The summed E-state index contributed by atoms with van der Waals surface area (Å²) in [5.74, 6) is -0.259. The van der Waals surface area contributed by atoms with Crippen molar-refractivity contribution in [3.05, 3.63) is 0 Å². The molecule has 2 unspecified atom stereocenters. The molecule has 2 N–H and O–H groups in total. The lowest BCUT2D eigenvalue weighted by molar-refractivity contribution is -0.127. The molecule has 1 rings (SSSR count). The van der Waals surface area contributed by atoms with Crippen LogP contribution in [0.1, 0.15) is 25.7 Å². The molecular weight excluding hydrogens is 142 g/mol. The smallest absolute Gasteiger partial charge is 0.223 e. The summed E-state index contributed by atoms with van der Waals surface area (Å²) in [7, 11) is 1.64. The molecule has 0 spiro atoms. The largest absolute Gasteiger partial charge is 0.381 e. The molecule has 0 radical (unpaired) electrons. The number of amides is 1. The molecule has 0 heterocycles. The van der Waals surface area contributed by atoms with Crippen molar-refractivity contribution in [2.75, 3.05) is 7.11 Å². The third kappa shape index (κ3) is 1.93. The number of methoxy groups -OCH3 is 1. The van der Waals surface area contributed by atoms with Gasteiger partial charge in [-0.1, -0.05) is 12.8 Å². The highest BCUT2D eigenvalue weighted by atomic mass is 16.5. The Balaban J connectivity index is 2.51. The van der Waals surface area contributed by atoms with E-state index in [1.807, 2.05) is 0 Å². The first-order valence-corrected chi connectivity index (χ1v) is 4.08. The highest BCUT2D eigenvalue weighted by Gasteiger charge is 2.28. The Morgan fingerprint density at radius 2 is 2.09 bits per heavy atom. The van der Waals surface area contributed by atoms with E-state index < -0.39 is 0 Å². The number of rotatable bonds is 2. The summed E-state index contributed by atoms with van der Waals surface area (Å²) in [6, 6.07) is 0. The molecule has 0 aliphatic heterocycles. The SMILES string of the molecule is COC1CCCCC1C(N)=O. The van der Waals surface area contributed by atoms with Gasteiger partial charge in [0.2, 0.25) is 5.91 Å². The highest BCUT2D eigenvalue weighted by Crippen LogP contribution is 2.25. The maximum absolute atomic E-state index is 10.9. The molecule has 1 amide bonds. The molecule has 3 heteroatoms. The monoisotopic (exact) mass is 157 g/mol. The van der Waals surface area contributed by atoms with Crippen LogP contribution >= 0.6 is 0 Å². The second-order valence-corrected chi connectivity index (χ2v) is 3.07. The molecule has 1 aliphatic rings. The van der Waals surface area contributed by atoms with Crippen LogP contribution in [0.25, 0.3) is 0 Å². The van der Waals surface area contributed by atoms with E-state index in [0.29, 0.717) is 0 Å². The molecule has 2 atom stereocenters. The van der Waals surface area contributed by atoms with Crippen molar-refractivity contribution in [1.29, 1.82) is 0 Å².